The SMILES string of the molecule is C#Cc1ccc(CN(CCOC(=O)OC[C@H]2O[C@@H](n3cnc4c(C)ncnc43)CC2OC(C)=O)CC2CCCCN2)cc1.C#Cc1ccc(CN2CCN3CCCCC3C2)cc1.CC(=O)OC1C[C@H](n2cnc3c(C)ncnc32)O[C@@H]1CO.O=C=O. The number of imidazole rings is 2. The van der Waals surface area contributed by atoms with Crippen LogP contribution >= 0.6 is 0 Å². The van der Waals surface area contributed by atoms with E-state index in [1.54, 1.807) is 21.8 Å². The number of ether oxygens (including phenoxy) is 6. The van der Waals surface area contributed by atoms with Crippen LogP contribution in [0.3, 0.4) is 0 Å². The number of esters is 2. The normalized spacial score (nSPS) is 22.7. The van der Waals surface area contributed by atoms with E-state index in [1.165, 1.54) is 90.3 Å². The summed E-state index contributed by atoms with van der Waals surface area (Å²) in [5.41, 5.74) is 8.49. The molecule has 5 aliphatic rings. The molecule has 5 fully saturated rings. The topological polar surface area (TPSA) is 270 Å². The van der Waals surface area contributed by atoms with Crippen molar-refractivity contribution in [2.24, 2.45) is 0 Å². The number of aliphatic hydroxyl groups is 1. The quantitative estimate of drug-likeness (QED) is 0.0713. The Kier molecular flexibility index (Phi) is 23.7. The molecule has 9 heterocycles. The zero-order valence-electron chi connectivity index (χ0n) is 49.2. The highest BCUT2D eigenvalue weighted by Crippen LogP contribution is 2.35. The van der Waals surface area contributed by atoms with Crippen LogP contribution in [0.5, 0.6) is 0 Å². The Balaban J connectivity index is 0.000000184. The smallest absolute Gasteiger partial charge is 0.460 e. The third-order valence-electron chi connectivity index (χ3n) is 15.7. The number of carbonyl (C=O) groups excluding carboxylic acids is 5. The molecule has 24 heteroatoms. The summed E-state index contributed by atoms with van der Waals surface area (Å²) < 4.78 is 37.0. The van der Waals surface area contributed by atoms with Crippen LogP contribution in [-0.4, -0.2) is 185 Å². The van der Waals surface area contributed by atoms with E-state index in [4.69, 9.17) is 50.9 Å². The van der Waals surface area contributed by atoms with Gasteiger partial charge >= 0.3 is 24.2 Å². The van der Waals surface area contributed by atoms with E-state index in [-0.39, 0.29) is 32.2 Å². The van der Waals surface area contributed by atoms with Crippen molar-refractivity contribution in [2.45, 2.75) is 141 Å². The van der Waals surface area contributed by atoms with Crippen LogP contribution in [0.1, 0.15) is 111 Å². The molecule has 0 spiro atoms. The van der Waals surface area contributed by atoms with Gasteiger partial charge in [-0.05, 0) is 88.0 Å². The second kappa shape index (κ2) is 31.9. The van der Waals surface area contributed by atoms with Crippen molar-refractivity contribution in [3.8, 4) is 24.7 Å². The average Bonchev–Trinajstić information content (AvgIpc) is 2.48. The molecule has 0 aliphatic carbocycles. The van der Waals surface area contributed by atoms with E-state index in [2.05, 4.69) is 73.9 Å². The van der Waals surface area contributed by atoms with Crippen molar-refractivity contribution in [3.05, 3.63) is 107 Å². The molecule has 0 radical (unpaired) electrons. The molecule has 456 valence electrons. The molecule has 4 unspecified atom stereocenters. The molecule has 5 aliphatic heterocycles. The molecule has 0 saturated carbocycles. The van der Waals surface area contributed by atoms with Crippen LogP contribution in [0.15, 0.2) is 73.8 Å². The summed E-state index contributed by atoms with van der Waals surface area (Å²) in [6, 6.07) is 17.5. The molecule has 4 aromatic heterocycles. The van der Waals surface area contributed by atoms with Gasteiger partial charge in [0.2, 0.25) is 0 Å². The largest absolute Gasteiger partial charge is 0.508 e. The number of aromatic nitrogens is 8. The van der Waals surface area contributed by atoms with Crippen molar-refractivity contribution in [2.75, 3.05) is 65.6 Å². The summed E-state index contributed by atoms with van der Waals surface area (Å²) in [6.07, 6.45) is 21.8. The lowest BCUT2D eigenvalue weighted by Crippen LogP contribution is -2.54. The molecule has 24 nitrogen and oxygen atoms in total. The minimum Gasteiger partial charge on any atom is -0.460 e. The van der Waals surface area contributed by atoms with Gasteiger partial charge in [-0.2, -0.15) is 9.59 Å². The van der Waals surface area contributed by atoms with Crippen molar-refractivity contribution >= 4 is 46.6 Å². The molecule has 2 N–H and O–H groups in total. The minimum absolute atomic E-state index is 0.134. The molecular formula is C62H76N12O12. The number of fused-ring (bicyclic) bond motifs is 3. The Morgan fingerprint density at radius 1 is 0.721 bits per heavy atom. The standard InChI is InChI=1S/C31H38N6O6.C17H22N2.C13H16N4O4.CO2/c1-4-23-8-10-24(11-9-23)16-36(17-25-7-5-6-12-32-25)13-14-40-31(39)41-18-27-26(42-22(3)38)15-28(43-27)37-20-35-29-21(2)33-19-34-30(29)37;1-2-15-6-8-16(9-7-15)13-18-11-12-19-10-4-3-5-17(19)14-18;1-7-12-13(15-5-14-7)17(6-16-12)11-3-9(20-8(2)19)10(4-18)21-11;2-1-3/h1,8-11,19-20,25-28,32H,5-7,12-18H2,2-3H3;1,6-9,17H,3-5,10-14H2;5-6,9-11,18H,3-4H2,1-2H3;/t25?,26?,27-,28-;;9?,10-,11-;/m1.1./s1. The number of rotatable bonds is 16. The molecule has 8 atom stereocenters. The van der Waals surface area contributed by atoms with Crippen molar-refractivity contribution in [1.82, 2.24) is 59.1 Å². The highest BCUT2D eigenvalue weighted by Gasteiger charge is 2.41. The summed E-state index contributed by atoms with van der Waals surface area (Å²) >= 11 is 0. The number of nitrogens with zero attached hydrogens (tertiary/aromatic N) is 11. The maximum atomic E-state index is 12.6. The zero-order valence-corrected chi connectivity index (χ0v) is 49.2. The van der Waals surface area contributed by atoms with E-state index in [0.29, 0.717) is 54.3 Å². The molecular weight excluding hydrogens is 1100 g/mol. The first kappa shape index (κ1) is 64.0. The molecule has 2 aromatic carbocycles. The first-order valence-corrected chi connectivity index (χ1v) is 29.1. The molecule has 11 rings (SSSR count). The number of carbonyl (C=O) groups is 3. The summed E-state index contributed by atoms with van der Waals surface area (Å²) in [5.74, 6) is 4.48. The van der Waals surface area contributed by atoms with Crippen LogP contribution in [0.25, 0.3) is 22.3 Å². The maximum absolute atomic E-state index is 12.6. The van der Waals surface area contributed by atoms with E-state index in [0.717, 1.165) is 60.2 Å². The van der Waals surface area contributed by atoms with Gasteiger partial charge in [-0.3, -0.25) is 33.4 Å². The molecule has 5 saturated heterocycles. The van der Waals surface area contributed by atoms with Gasteiger partial charge in [-0.15, -0.1) is 12.8 Å². The predicted octanol–water partition coefficient (Wildman–Crippen LogP) is 5.23. The maximum Gasteiger partial charge on any atom is 0.508 e. The third-order valence-corrected chi connectivity index (χ3v) is 15.7. The number of hydrogen-bond donors (Lipinski definition) is 2. The minimum atomic E-state index is -0.806. The molecule has 0 bridgehead atoms. The molecule has 86 heavy (non-hydrogen) atoms. The number of benzene rings is 2. The number of aliphatic hydroxyl groups excluding tert-OH is 1. The van der Waals surface area contributed by atoms with Crippen molar-refractivity contribution < 1.29 is 57.5 Å². The van der Waals surface area contributed by atoms with E-state index in [9.17, 15) is 19.5 Å². The number of hydrogen-bond acceptors (Lipinski definition) is 22. The number of terminal acetylenes is 2. The first-order valence-electron chi connectivity index (χ1n) is 29.1. The monoisotopic (exact) mass is 1180 g/mol. The summed E-state index contributed by atoms with van der Waals surface area (Å²) in [7, 11) is 0. The Morgan fingerprint density at radius 2 is 1.29 bits per heavy atom. The van der Waals surface area contributed by atoms with Crippen LogP contribution in [0.4, 0.5) is 4.79 Å². The van der Waals surface area contributed by atoms with Crippen LogP contribution in [0.2, 0.25) is 0 Å². The van der Waals surface area contributed by atoms with Crippen LogP contribution in [-0.2, 0) is 60.7 Å². The number of aryl methyl sites for hydroxylation is 2. The summed E-state index contributed by atoms with van der Waals surface area (Å²) in [6.45, 7) is 15.3. The fourth-order valence-electron chi connectivity index (χ4n) is 11.5. The Labute approximate surface area is 500 Å². The lowest BCUT2D eigenvalue weighted by atomic mass is 9.99. The Morgan fingerprint density at radius 3 is 1.85 bits per heavy atom. The number of piperidine rings is 2. The second-order valence-electron chi connectivity index (χ2n) is 21.8. The molecule has 0 amide bonds. The average molecular weight is 1180 g/mol. The highest BCUT2D eigenvalue weighted by atomic mass is 16.7. The van der Waals surface area contributed by atoms with E-state index < -0.39 is 48.7 Å². The van der Waals surface area contributed by atoms with Gasteiger partial charge < -0.3 is 38.8 Å². The van der Waals surface area contributed by atoms with Gasteiger partial charge in [-0.25, -0.2) is 34.7 Å². The van der Waals surface area contributed by atoms with Crippen molar-refractivity contribution in [3.63, 3.8) is 0 Å². The zero-order chi connectivity index (χ0) is 61.0. The van der Waals surface area contributed by atoms with Gasteiger partial charge in [0.05, 0.1) is 30.6 Å². The van der Waals surface area contributed by atoms with Crippen molar-refractivity contribution in [1.29, 1.82) is 0 Å². The summed E-state index contributed by atoms with van der Waals surface area (Å²) in [5, 5.41) is 12.9. The number of nitrogens with one attached hydrogen (secondary N) is 1. The fraction of sp³-hybridized carbons (Fsp3) is 0.516. The lowest BCUT2D eigenvalue weighted by Gasteiger charge is -2.44. The lowest BCUT2D eigenvalue weighted by molar-refractivity contribution is -0.191. The third kappa shape index (κ3) is 17.8. The van der Waals surface area contributed by atoms with Gasteiger partial charge in [0.15, 0.2) is 11.3 Å². The molecule has 6 aromatic rings. The van der Waals surface area contributed by atoms with E-state index in [1.807, 2.05) is 50.2 Å². The second-order valence-corrected chi connectivity index (χ2v) is 21.8. The predicted molar refractivity (Wildman–Crippen MR) is 312 cm³/mol. The van der Waals surface area contributed by atoms with Gasteiger partial charge in [-0.1, -0.05) is 48.9 Å². The van der Waals surface area contributed by atoms with Gasteiger partial charge in [0.1, 0.15) is 73.8 Å². The van der Waals surface area contributed by atoms with Gasteiger partial charge in [0, 0.05) is 95.7 Å². The Hall–Kier alpha value is -8.03. The van der Waals surface area contributed by atoms with Crippen LogP contribution < -0.4 is 5.32 Å². The number of piperazine rings is 1. The fourth-order valence-corrected chi connectivity index (χ4v) is 11.5. The van der Waals surface area contributed by atoms with Gasteiger partial charge in [0.25, 0.3) is 0 Å². The highest BCUT2D eigenvalue weighted by molar-refractivity contribution is 5.73. The summed E-state index contributed by atoms with van der Waals surface area (Å²) in [4.78, 5) is 84.8. The first-order chi connectivity index (χ1) is 41.7. The Bertz CT molecular complexity index is 3300. The van der Waals surface area contributed by atoms with Crippen LogP contribution in [0, 0.1) is 38.5 Å². The van der Waals surface area contributed by atoms with E-state index >= 15 is 0 Å².